The molecule has 0 bridgehead atoms. The molecule has 0 amide bonds. The van der Waals surface area contributed by atoms with Crippen molar-refractivity contribution in [2.75, 3.05) is 25.7 Å². The van der Waals surface area contributed by atoms with E-state index in [4.69, 9.17) is 9.47 Å². The van der Waals surface area contributed by atoms with Crippen LogP contribution in [0.2, 0.25) is 0 Å². The minimum atomic E-state index is -1.11. The number of benzene rings is 1. The second-order valence-corrected chi connectivity index (χ2v) is 6.55. The van der Waals surface area contributed by atoms with Crippen LogP contribution < -0.4 is 5.19 Å². The van der Waals surface area contributed by atoms with Crippen LogP contribution in [0.4, 0.5) is 0 Å². The van der Waals surface area contributed by atoms with Crippen LogP contribution in [0.1, 0.15) is 19.4 Å². The fraction of sp³-hybridized carbons (Fsp3) is 0.538. The summed E-state index contributed by atoms with van der Waals surface area (Å²) in [5, 5.41) is 1.48. The SMILES string of the molecule is CCOC[SiH](COCC)c1ccccc1C. The molecule has 0 spiro atoms. The largest absolute Gasteiger partial charge is 0.385 e. The Morgan fingerprint density at radius 3 is 2.06 bits per heavy atom. The van der Waals surface area contributed by atoms with Gasteiger partial charge >= 0.3 is 0 Å². The van der Waals surface area contributed by atoms with Gasteiger partial charge in [-0.3, -0.25) is 0 Å². The summed E-state index contributed by atoms with van der Waals surface area (Å²) in [4.78, 5) is 0. The lowest BCUT2D eigenvalue weighted by molar-refractivity contribution is 0.169. The zero-order valence-electron chi connectivity index (χ0n) is 10.5. The van der Waals surface area contributed by atoms with Gasteiger partial charge in [-0.15, -0.1) is 0 Å². The van der Waals surface area contributed by atoms with Gasteiger partial charge in [0.15, 0.2) is 0 Å². The lowest BCUT2D eigenvalue weighted by Gasteiger charge is -2.17. The first-order chi connectivity index (χ1) is 7.79. The van der Waals surface area contributed by atoms with E-state index in [1.54, 1.807) is 0 Å². The topological polar surface area (TPSA) is 18.5 Å². The van der Waals surface area contributed by atoms with Gasteiger partial charge < -0.3 is 9.47 Å². The molecule has 0 fully saturated rings. The van der Waals surface area contributed by atoms with E-state index in [0.717, 1.165) is 25.7 Å². The van der Waals surface area contributed by atoms with E-state index in [1.807, 2.05) is 13.8 Å². The molecule has 0 aromatic heterocycles. The fourth-order valence-corrected chi connectivity index (χ4v) is 4.41. The van der Waals surface area contributed by atoms with Crippen molar-refractivity contribution >= 4 is 14.0 Å². The van der Waals surface area contributed by atoms with Crippen molar-refractivity contribution in [2.45, 2.75) is 20.8 Å². The van der Waals surface area contributed by atoms with Gasteiger partial charge in [0, 0.05) is 25.7 Å². The molecule has 2 nitrogen and oxygen atoms in total. The van der Waals surface area contributed by atoms with Crippen LogP contribution in [0.15, 0.2) is 24.3 Å². The molecule has 0 aliphatic carbocycles. The van der Waals surface area contributed by atoms with Crippen molar-refractivity contribution in [3.05, 3.63) is 29.8 Å². The highest BCUT2D eigenvalue weighted by Crippen LogP contribution is 1.98. The molecule has 0 unspecified atom stereocenters. The molecule has 0 heterocycles. The number of aryl methyl sites for hydroxylation is 1. The Kier molecular flexibility index (Phi) is 6.38. The van der Waals surface area contributed by atoms with Gasteiger partial charge in [-0.2, -0.15) is 0 Å². The van der Waals surface area contributed by atoms with E-state index < -0.39 is 8.80 Å². The minimum absolute atomic E-state index is 0.793. The molecule has 0 N–H and O–H groups in total. The van der Waals surface area contributed by atoms with E-state index in [1.165, 1.54) is 10.8 Å². The van der Waals surface area contributed by atoms with Gasteiger partial charge in [-0.05, 0) is 20.8 Å². The van der Waals surface area contributed by atoms with Crippen LogP contribution in [-0.4, -0.2) is 34.5 Å². The first-order valence-corrected chi connectivity index (χ1v) is 8.21. The number of rotatable bonds is 7. The standard InChI is InChI=1S/C13H22O2Si/c1-4-14-10-16(11-15-5-2)13-9-7-6-8-12(13)3/h6-9,16H,4-5,10-11H2,1-3H3. The molecule has 0 radical (unpaired) electrons. The highest BCUT2D eigenvalue weighted by Gasteiger charge is 2.15. The predicted molar refractivity (Wildman–Crippen MR) is 70.9 cm³/mol. The highest BCUT2D eigenvalue weighted by atomic mass is 28.3. The summed E-state index contributed by atoms with van der Waals surface area (Å²) >= 11 is 0. The summed E-state index contributed by atoms with van der Waals surface area (Å²) in [5.74, 6) is 0. The second kappa shape index (κ2) is 7.60. The third-order valence-electron chi connectivity index (χ3n) is 2.67. The van der Waals surface area contributed by atoms with E-state index in [9.17, 15) is 0 Å². The molecule has 16 heavy (non-hydrogen) atoms. The summed E-state index contributed by atoms with van der Waals surface area (Å²) in [6.45, 7) is 7.85. The summed E-state index contributed by atoms with van der Waals surface area (Å²) in [5.41, 5.74) is 1.37. The van der Waals surface area contributed by atoms with Crippen molar-refractivity contribution in [1.82, 2.24) is 0 Å². The zero-order valence-corrected chi connectivity index (χ0v) is 11.7. The molecule has 90 valence electrons. The quantitative estimate of drug-likeness (QED) is 0.672. The highest BCUT2D eigenvalue weighted by molar-refractivity contribution is 6.73. The lowest BCUT2D eigenvalue weighted by atomic mass is 10.2. The predicted octanol–water partition coefficient (Wildman–Crippen LogP) is 1.58. The van der Waals surface area contributed by atoms with Crippen LogP contribution >= 0.6 is 0 Å². The normalized spacial score (nSPS) is 11.0. The fourth-order valence-electron chi connectivity index (χ4n) is 1.79. The number of ether oxygens (including phenoxy) is 2. The van der Waals surface area contributed by atoms with Crippen molar-refractivity contribution in [3.8, 4) is 0 Å². The molecule has 3 heteroatoms. The molecule has 0 saturated carbocycles. The first kappa shape index (κ1) is 13.4. The van der Waals surface area contributed by atoms with Crippen molar-refractivity contribution in [1.29, 1.82) is 0 Å². The summed E-state index contributed by atoms with van der Waals surface area (Å²) in [6, 6.07) is 8.60. The van der Waals surface area contributed by atoms with E-state index in [0.29, 0.717) is 0 Å². The number of hydrogen-bond acceptors (Lipinski definition) is 2. The average Bonchev–Trinajstić information content (AvgIpc) is 2.31. The Morgan fingerprint density at radius 2 is 1.56 bits per heavy atom. The average molecular weight is 238 g/mol. The molecule has 1 aromatic rings. The molecule has 0 aliphatic rings. The summed E-state index contributed by atoms with van der Waals surface area (Å²) in [6.07, 6.45) is 1.75. The molecule has 0 aliphatic heterocycles. The molecular weight excluding hydrogens is 216 g/mol. The maximum Gasteiger partial charge on any atom is 0.129 e. The molecular formula is C13H22O2Si. The van der Waals surface area contributed by atoms with Crippen molar-refractivity contribution in [3.63, 3.8) is 0 Å². The molecule has 0 atom stereocenters. The Hall–Kier alpha value is -0.643. The Balaban J connectivity index is 2.70. The van der Waals surface area contributed by atoms with Gasteiger partial charge in [-0.1, -0.05) is 35.0 Å². The third kappa shape index (κ3) is 4.08. The third-order valence-corrected chi connectivity index (χ3v) is 5.48. The lowest BCUT2D eigenvalue weighted by Crippen LogP contribution is -2.41. The van der Waals surface area contributed by atoms with E-state index in [2.05, 4.69) is 31.2 Å². The molecule has 1 aromatic carbocycles. The van der Waals surface area contributed by atoms with Crippen LogP contribution in [-0.2, 0) is 9.47 Å². The van der Waals surface area contributed by atoms with Gasteiger partial charge in [0.2, 0.25) is 0 Å². The van der Waals surface area contributed by atoms with E-state index in [-0.39, 0.29) is 0 Å². The van der Waals surface area contributed by atoms with Crippen molar-refractivity contribution in [2.24, 2.45) is 0 Å². The number of hydrogen-bond donors (Lipinski definition) is 0. The van der Waals surface area contributed by atoms with Gasteiger partial charge in [0.05, 0.1) is 0 Å². The smallest absolute Gasteiger partial charge is 0.129 e. The monoisotopic (exact) mass is 238 g/mol. The molecule has 1 rings (SSSR count). The first-order valence-electron chi connectivity index (χ1n) is 6.00. The van der Waals surface area contributed by atoms with Crippen LogP contribution in [0, 0.1) is 6.92 Å². The second-order valence-electron chi connectivity index (χ2n) is 3.87. The van der Waals surface area contributed by atoms with Gasteiger partial charge in [0.1, 0.15) is 8.80 Å². The molecule has 0 saturated heterocycles. The maximum atomic E-state index is 5.58. The minimum Gasteiger partial charge on any atom is -0.385 e. The van der Waals surface area contributed by atoms with Crippen LogP contribution in [0.5, 0.6) is 0 Å². The Labute approximate surface area is 100 Å². The summed E-state index contributed by atoms with van der Waals surface area (Å²) in [7, 11) is -1.11. The van der Waals surface area contributed by atoms with Gasteiger partial charge in [0.25, 0.3) is 0 Å². The zero-order chi connectivity index (χ0) is 11.8. The maximum absolute atomic E-state index is 5.58. The Morgan fingerprint density at radius 1 is 1.00 bits per heavy atom. The van der Waals surface area contributed by atoms with E-state index >= 15 is 0 Å². The van der Waals surface area contributed by atoms with Gasteiger partial charge in [-0.25, -0.2) is 0 Å². The van der Waals surface area contributed by atoms with Crippen LogP contribution in [0.3, 0.4) is 0 Å². The van der Waals surface area contributed by atoms with Crippen LogP contribution in [0.25, 0.3) is 0 Å². The van der Waals surface area contributed by atoms with Crippen molar-refractivity contribution < 1.29 is 9.47 Å². The Bertz CT molecular complexity index is 294. The summed E-state index contributed by atoms with van der Waals surface area (Å²) < 4.78 is 11.2.